The van der Waals surface area contributed by atoms with Gasteiger partial charge in [-0.2, -0.15) is 0 Å². The summed E-state index contributed by atoms with van der Waals surface area (Å²) in [5.74, 6) is 0. The molecule has 0 rings (SSSR count). The van der Waals surface area contributed by atoms with Gasteiger partial charge in [-0.3, -0.25) is 0 Å². The fraction of sp³-hybridized carbons (Fsp3) is 1.00. The summed E-state index contributed by atoms with van der Waals surface area (Å²) in [7, 11) is 2.11. The summed E-state index contributed by atoms with van der Waals surface area (Å²) in [5.41, 5.74) is 0. The number of rotatable bonds is 10. The van der Waals surface area contributed by atoms with Crippen molar-refractivity contribution in [2.75, 3.05) is 0 Å². The molecule has 0 amide bonds. The summed E-state index contributed by atoms with van der Waals surface area (Å²) in [4.78, 5) is 0. The van der Waals surface area contributed by atoms with E-state index in [1.807, 2.05) is 0 Å². The van der Waals surface area contributed by atoms with E-state index in [0.29, 0.717) is 0 Å². The molecule has 1 heteroatoms. The zero-order valence-corrected chi connectivity index (χ0v) is 10.9. The lowest BCUT2D eigenvalue weighted by Gasteiger charge is -2.00. The van der Waals surface area contributed by atoms with E-state index in [9.17, 15) is 0 Å². The summed E-state index contributed by atoms with van der Waals surface area (Å²) in [6, 6.07) is 1.40. The van der Waals surface area contributed by atoms with E-state index in [4.69, 9.17) is 0 Å². The van der Waals surface area contributed by atoms with E-state index in [1.54, 1.807) is 0 Å². The number of hydrogen-bond acceptors (Lipinski definition) is 0. The Bertz CT molecular complexity index is 71.2. The molecule has 0 spiro atoms. The van der Waals surface area contributed by atoms with Crippen LogP contribution in [0.25, 0.3) is 0 Å². The highest BCUT2D eigenvalue weighted by Gasteiger charge is 1.90. The van der Waals surface area contributed by atoms with E-state index in [2.05, 4.69) is 17.2 Å². The Kier molecular flexibility index (Phi) is 12.4. The van der Waals surface area contributed by atoms with Gasteiger partial charge in [0, 0.05) is 10.2 Å². The van der Waals surface area contributed by atoms with Gasteiger partial charge in [-0.25, -0.2) is 0 Å². The van der Waals surface area contributed by atoms with Crippen LogP contribution in [0.15, 0.2) is 0 Å². The van der Waals surface area contributed by atoms with Crippen LogP contribution in [-0.2, 0) is 0 Å². The van der Waals surface area contributed by atoms with Crippen molar-refractivity contribution in [3.05, 3.63) is 0 Å². The largest absolute Gasteiger partial charge is 0.0654 e. The average Bonchev–Trinajstić information content (AvgIpc) is 2.16. The van der Waals surface area contributed by atoms with E-state index in [1.165, 1.54) is 70.3 Å². The zero-order valence-electron chi connectivity index (χ0n) is 9.49. The first kappa shape index (κ1) is 13.2. The summed E-state index contributed by atoms with van der Waals surface area (Å²) in [6.45, 7) is 2.28. The normalized spacial score (nSPS) is 10.6. The minimum Gasteiger partial charge on any atom is -0.0654 e. The first-order valence-electron chi connectivity index (χ1n) is 6.21. The minimum absolute atomic E-state index is 1.37. The van der Waals surface area contributed by atoms with Gasteiger partial charge in [0.05, 0.1) is 0 Å². The zero-order chi connectivity index (χ0) is 9.78. The third kappa shape index (κ3) is 12.2. The van der Waals surface area contributed by atoms with Crippen LogP contribution in [0.5, 0.6) is 0 Å². The van der Waals surface area contributed by atoms with E-state index in [0.717, 1.165) is 0 Å². The molecule has 0 nitrogen and oxygen atoms in total. The lowest BCUT2D eigenvalue weighted by molar-refractivity contribution is 0.562. The standard InChI is InChI=1S/C12H27Si/c1-2-3-4-5-6-7-8-9-10-11-12-13/h2-13H2,1H3. The van der Waals surface area contributed by atoms with Gasteiger partial charge < -0.3 is 0 Å². The Morgan fingerprint density at radius 3 is 1.38 bits per heavy atom. The van der Waals surface area contributed by atoms with Gasteiger partial charge >= 0.3 is 0 Å². The third-order valence-electron chi connectivity index (χ3n) is 2.60. The monoisotopic (exact) mass is 199 g/mol. The summed E-state index contributed by atoms with van der Waals surface area (Å²) >= 11 is 0. The van der Waals surface area contributed by atoms with Gasteiger partial charge in [0.15, 0.2) is 0 Å². The fourth-order valence-corrected chi connectivity index (χ4v) is 2.02. The van der Waals surface area contributed by atoms with Crippen LogP contribution in [0.1, 0.15) is 71.1 Å². The summed E-state index contributed by atoms with van der Waals surface area (Å²) in [6.07, 6.45) is 14.6. The lowest BCUT2D eigenvalue weighted by Crippen LogP contribution is -1.81. The summed E-state index contributed by atoms with van der Waals surface area (Å²) in [5, 5.41) is 0. The molecule has 0 aromatic carbocycles. The predicted octanol–water partition coefficient (Wildman–Crippen LogP) is 3.96. The van der Waals surface area contributed by atoms with Crippen molar-refractivity contribution in [3.8, 4) is 0 Å². The molecule has 0 bridgehead atoms. The van der Waals surface area contributed by atoms with Crippen LogP contribution in [0.4, 0.5) is 0 Å². The Balaban J connectivity index is 2.76. The Hall–Kier alpha value is 0.217. The molecule has 0 saturated carbocycles. The molecule has 79 valence electrons. The summed E-state index contributed by atoms with van der Waals surface area (Å²) < 4.78 is 0. The Morgan fingerprint density at radius 2 is 1.00 bits per heavy atom. The SMILES string of the molecule is CCCCCCCCCCCC[SiH2]. The van der Waals surface area contributed by atoms with Gasteiger partial charge in [0.25, 0.3) is 0 Å². The first-order valence-corrected chi connectivity index (χ1v) is 7.21. The maximum atomic E-state index is 2.28. The Labute approximate surface area is 87.9 Å². The second-order valence-electron chi connectivity index (χ2n) is 4.04. The molecule has 0 heterocycles. The Morgan fingerprint density at radius 1 is 0.615 bits per heavy atom. The van der Waals surface area contributed by atoms with Crippen LogP contribution in [0, 0.1) is 0 Å². The van der Waals surface area contributed by atoms with Crippen molar-refractivity contribution >= 4 is 10.2 Å². The number of unbranched alkanes of at least 4 members (excludes halogenated alkanes) is 9. The van der Waals surface area contributed by atoms with Crippen LogP contribution in [0.3, 0.4) is 0 Å². The molecule has 0 aliphatic rings. The van der Waals surface area contributed by atoms with Crippen molar-refractivity contribution in [3.63, 3.8) is 0 Å². The van der Waals surface area contributed by atoms with Gasteiger partial charge in [-0.05, 0) is 0 Å². The highest BCUT2D eigenvalue weighted by Crippen LogP contribution is 2.10. The molecule has 0 unspecified atom stereocenters. The van der Waals surface area contributed by atoms with E-state index in [-0.39, 0.29) is 0 Å². The molecule has 0 N–H and O–H groups in total. The molecule has 0 fully saturated rings. The topological polar surface area (TPSA) is 0 Å². The van der Waals surface area contributed by atoms with Crippen LogP contribution < -0.4 is 0 Å². The molecule has 13 heavy (non-hydrogen) atoms. The van der Waals surface area contributed by atoms with Crippen LogP contribution in [-0.4, -0.2) is 10.2 Å². The molecule has 0 aromatic rings. The highest BCUT2D eigenvalue weighted by atomic mass is 28.1. The van der Waals surface area contributed by atoms with E-state index < -0.39 is 0 Å². The quantitative estimate of drug-likeness (QED) is 0.369. The van der Waals surface area contributed by atoms with Gasteiger partial charge in [-0.15, -0.1) is 0 Å². The lowest BCUT2D eigenvalue weighted by atomic mass is 10.1. The molecule has 1 radical (unpaired) electrons. The molecule has 0 saturated heterocycles. The second-order valence-corrected chi connectivity index (χ2v) is 4.74. The van der Waals surface area contributed by atoms with Crippen molar-refractivity contribution in [2.24, 2.45) is 0 Å². The molecule has 0 aliphatic heterocycles. The molecule has 0 aliphatic carbocycles. The van der Waals surface area contributed by atoms with Crippen molar-refractivity contribution in [2.45, 2.75) is 77.2 Å². The third-order valence-corrected chi connectivity index (χ3v) is 3.10. The average molecular weight is 199 g/mol. The van der Waals surface area contributed by atoms with Gasteiger partial charge in [-0.1, -0.05) is 77.2 Å². The molecule has 0 aromatic heterocycles. The maximum absolute atomic E-state index is 2.28. The minimum atomic E-state index is 1.37. The first-order chi connectivity index (χ1) is 6.41. The van der Waals surface area contributed by atoms with Crippen molar-refractivity contribution < 1.29 is 0 Å². The van der Waals surface area contributed by atoms with Crippen LogP contribution >= 0.6 is 0 Å². The smallest absolute Gasteiger partial charge is 0.00797 e. The predicted molar refractivity (Wildman–Crippen MR) is 65.2 cm³/mol. The van der Waals surface area contributed by atoms with Crippen molar-refractivity contribution in [1.29, 1.82) is 0 Å². The molecular formula is C12H27Si. The maximum Gasteiger partial charge on any atom is 0.00797 e. The van der Waals surface area contributed by atoms with Gasteiger partial charge in [0.1, 0.15) is 0 Å². The highest BCUT2D eigenvalue weighted by molar-refractivity contribution is 6.08. The van der Waals surface area contributed by atoms with E-state index >= 15 is 0 Å². The molecular weight excluding hydrogens is 172 g/mol. The fourth-order valence-electron chi connectivity index (χ4n) is 1.66. The number of hydrogen-bond donors (Lipinski definition) is 0. The van der Waals surface area contributed by atoms with Gasteiger partial charge in [0.2, 0.25) is 0 Å². The molecule has 0 atom stereocenters. The van der Waals surface area contributed by atoms with Crippen molar-refractivity contribution in [1.82, 2.24) is 0 Å². The second kappa shape index (κ2) is 12.2. The van der Waals surface area contributed by atoms with Crippen LogP contribution in [0.2, 0.25) is 6.04 Å².